The lowest BCUT2D eigenvalue weighted by Crippen LogP contribution is -2.49. The van der Waals surface area contributed by atoms with Crippen LogP contribution in [0.25, 0.3) is 0 Å². The van der Waals surface area contributed by atoms with Crippen LogP contribution in [0.1, 0.15) is 37.3 Å². The number of carbonyl (C=O) groups excluding carboxylic acids is 1. The number of morpholine rings is 1. The SMILES string of the molecule is C=CC(=O)Nc1cc(Nc2cc(N3OCC[C@@H]3c3cccc(F)c3Cl)ncn2)c(OC)cc1N1CCC(N2C[C@H]3C[C@@H]2CO3)CC1. The summed E-state index contributed by atoms with van der Waals surface area (Å²) in [6.45, 7) is 7.64. The van der Waals surface area contributed by atoms with Gasteiger partial charge in [-0.05, 0) is 43.0 Å². The molecule has 1 aromatic heterocycles. The van der Waals surface area contributed by atoms with Crippen LogP contribution in [0.4, 0.5) is 33.1 Å². The van der Waals surface area contributed by atoms with Gasteiger partial charge in [0.05, 0.1) is 54.6 Å². The van der Waals surface area contributed by atoms with Crippen LogP contribution < -0.4 is 25.3 Å². The van der Waals surface area contributed by atoms with Crippen LogP contribution in [0, 0.1) is 5.82 Å². The molecule has 13 heteroatoms. The molecule has 4 aliphatic heterocycles. The fourth-order valence-corrected chi connectivity index (χ4v) is 7.38. The molecule has 4 aliphatic rings. The topological polar surface area (TPSA) is 104 Å². The molecule has 2 N–H and O–H groups in total. The number of aromatic nitrogens is 2. The Morgan fingerprint density at radius 1 is 1.15 bits per heavy atom. The number of rotatable bonds is 9. The monoisotopic (exact) mass is 649 g/mol. The molecule has 2 bridgehead atoms. The average Bonchev–Trinajstić information content (AvgIpc) is 3.85. The van der Waals surface area contributed by atoms with E-state index < -0.39 is 5.82 Å². The summed E-state index contributed by atoms with van der Waals surface area (Å²) in [7, 11) is 1.61. The maximum atomic E-state index is 14.3. The summed E-state index contributed by atoms with van der Waals surface area (Å²) in [4.78, 5) is 32.2. The Kier molecular flexibility index (Phi) is 8.69. The number of nitrogens with zero attached hydrogens (tertiary/aromatic N) is 5. The van der Waals surface area contributed by atoms with Gasteiger partial charge in [0.2, 0.25) is 5.91 Å². The quantitative estimate of drug-likeness (QED) is 0.290. The summed E-state index contributed by atoms with van der Waals surface area (Å²) in [6.07, 6.45) is 6.89. The number of anilines is 5. The first-order chi connectivity index (χ1) is 22.4. The number of ether oxygens (including phenoxy) is 2. The molecule has 4 saturated heterocycles. The highest BCUT2D eigenvalue weighted by Crippen LogP contribution is 2.42. The standard InChI is InChI=1S/C33H37ClFN7O4/c1-3-32(43)39-25-14-26(29(44-2)15-28(25)40-10-7-20(8-11-40)41-17-22-13-21(41)18-45-22)38-30-16-31(37-19-36-30)42-27(9-12-46-42)23-5-4-6-24(35)33(23)34/h3-6,14-16,19-22,27H,1,7-13,17-18H2,2H3,(H,39,43)(H,36,37,38)/t21-,22-,27-/m1/s1. The number of halogens is 2. The molecular weight excluding hydrogens is 613 g/mol. The lowest BCUT2D eigenvalue weighted by Gasteiger charge is -2.41. The molecule has 242 valence electrons. The summed E-state index contributed by atoms with van der Waals surface area (Å²) in [5.74, 6) is 0.754. The lowest BCUT2D eigenvalue weighted by atomic mass is 10.0. The van der Waals surface area contributed by atoms with Crippen molar-refractivity contribution in [3.63, 3.8) is 0 Å². The molecule has 4 fully saturated rings. The normalized spacial score (nSPS) is 23.2. The molecular formula is C33H37ClFN7O4. The van der Waals surface area contributed by atoms with Crippen molar-refractivity contribution in [2.45, 2.75) is 49.9 Å². The third-order valence-corrected chi connectivity index (χ3v) is 9.76. The number of piperidine rings is 1. The summed E-state index contributed by atoms with van der Waals surface area (Å²) in [5.41, 5.74) is 2.74. The van der Waals surface area contributed by atoms with Crippen molar-refractivity contribution < 1.29 is 23.5 Å². The van der Waals surface area contributed by atoms with Gasteiger partial charge in [-0.15, -0.1) is 0 Å². The van der Waals surface area contributed by atoms with Gasteiger partial charge < -0.3 is 25.0 Å². The zero-order valence-electron chi connectivity index (χ0n) is 25.6. The van der Waals surface area contributed by atoms with Gasteiger partial charge >= 0.3 is 0 Å². The number of hydrogen-bond acceptors (Lipinski definition) is 10. The van der Waals surface area contributed by atoms with Gasteiger partial charge in [0.1, 0.15) is 23.7 Å². The van der Waals surface area contributed by atoms with E-state index in [1.54, 1.807) is 30.4 Å². The van der Waals surface area contributed by atoms with Crippen LogP contribution in [0.3, 0.4) is 0 Å². The van der Waals surface area contributed by atoms with Gasteiger partial charge in [-0.25, -0.2) is 19.4 Å². The molecule has 0 radical (unpaired) electrons. The van der Waals surface area contributed by atoms with Crippen LogP contribution in [-0.2, 0) is 14.4 Å². The molecule has 5 heterocycles. The molecule has 2 aromatic carbocycles. The van der Waals surface area contributed by atoms with E-state index in [4.69, 9.17) is 25.9 Å². The highest BCUT2D eigenvalue weighted by Gasteiger charge is 2.43. The zero-order chi connectivity index (χ0) is 31.8. The van der Waals surface area contributed by atoms with Crippen LogP contribution in [0.15, 0.2) is 55.4 Å². The molecule has 46 heavy (non-hydrogen) atoms. The third-order valence-electron chi connectivity index (χ3n) is 9.36. The number of hydrogen-bond donors (Lipinski definition) is 2. The van der Waals surface area contributed by atoms with Crippen LogP contribution in [0.2, 0.25) is 5.02 Å². The first-order valence-corrected chi connectivity index (χ1v) is 16.0. The van der Waals surface area contributed by atoms with E-state index in [1.165, 1.54) is 18.5 Å². The largest absolute Gasteiger partial charge is 0.494 e. The van der Waals surface area contributed by atoms with E-state index in [0.29, 0.717) is 65.5 Å². The van der Waals surface area contributed by atoms with E-state index in [9.17, 15) is 9.18 Å². The zero-order valence-corrected chi connectivity index (χ0v) is 26.4. The minimum atomic E-state index is -0.483. The van der Waals surface area contributed by atoms with E-state index in [-0.39, 0.29) is 17.0 Å². The number of fused-ring (bicyclic) bond motifs is 2. The Hall–Kier alpha value is -3.97. The number of hydroxylamine groups is 1. The van der Waals surface area contributed by atoms with Crippen LogP contribution in [0.5, 0.6) is 5.75 Å². The summed E-state index contributed by atoms with van der Waals surface area (Å²) < 4.78 is 25.9. The fourth-order valence-electron chi connectivity index (χ4n) is 7.13. The van der Waals surface area contributed by atoms with Crippen LogP contribution >= 0.6 is 11.6 Å². The predicted octanol–water partition coefficient (Wildman–Crippen LogP) is 5.47. The van der Waals surface area contributed by atoms with Crippen molar-refractivity contribution in [1.82, 2.24) is 14.9 Å². The predicted molar refractivity (Wildman–Crippen MR) is 174 cm³/mol. The number of likely N-dealkylation sites (tertiary alicyclic amines) is 1. The molecule has 0 saturated carbocycles. The van der Waals surface area contributed by atoms with Crippen molar-refractivity contribution in [1.29, 1.82) is 0 Å². The van der Waals surface area contributed by atoms with Gasteiger partial charge in [-0.2, -0.15) is 0 Å². The highest BCUT2D eigenvalue weighted by molar-refractivity contribution is 6.31. The highest BCUT2D eigenvalue weighted by atomic mass is 35.5. The number of amides is 1. The van der Waals surface area contributed by atoms with Crippen molar-refractivity contribution in [2.24, 2.45) is 0 Å². The Morgan fingerprint density at radius 3 is 2.74 bits per heavy atom. The maximum absolute atomic E-state index is 14.3. The fraction of sp³-hybridized carbons (Fsp3) is 0.424. The van der Waals surface area contributed by atoms with Gasteiger partial charge in [0.15, 0.2) is 5.82 Å². The van der Waals surface area contributed by atoms with Crippen LogP contribution in [-0.4, -0.2) is 78.9 Å². The van der Waals surface area contributed by atoms with Gasteiger partial charge in [0.25, 0.3) is 0 Å². The van der Waals surface area contributed by atoms with Gasteiger partial charge in [-0.3, -0.25) is 14.5 Å². The molecule has 7 rings (SSSR count). The summed E-state index contributed by atoms with van der Waals surface area (Å²) in [5, 5.41) is 8.01. The second-order valence-corrected chi connectivity index (χ2v) is 12.4. The van der Waals surface area contributed by atoms with Crippen molar-refractivity contribution >= 4 is 46.2 Å². The van der Waals surface area contributed by atoms with E-state index in [0.717, 1.165) is 51.2 Å². The van der Waals surface area contributed by atoms with Gasteiger partial charge in [0, 0.05) is 50.3 Å². The van der Waals surface area contributed by atoms with E-state index >= 15 is 0 Å². The lowest BCUT2D eigenvalue weighted by molar-refractivity contribution is -0.111. The van der Waals surface area contributed by atoms with Crippen molar-refractivity contribution in [3.8, 4) is 5.75 Å². The number of methoxy groups -OCH3 is 1. The number of carbonyl (C=O) groups is 1. The minimum Gasteiger partial charge on any atom is -0.494 e. The Labute approximate surface area is 272 Å². The Bertz CT molecular complexity index is 1620. The second-order valence-electron chi connectivity index (χ2n) is 12.0. The van der Waals surface area contributed by atoms with E-state index in [2.05, 4.69) is 37.0 Å². The first kappa shape index (κ1) is 30.7. The van der Waals surface area contributed by atoms with E-state index in [1.807, 2.05) is 12.1 Å². The molecule has 0 unspecified atom stereocenters. The van der Waals surface area contributed by atoms with Crippen molar-refractivity contribution in [2.75, 3.05) is 60.6 Å². The molecule has 3 atom stereocenters. The summed E-state index contributed by atoms with van der Waals surface area (Å²) in [6, 6.07) is 11.0. The maximum Gasteiger partial charge on any atom is 0.247 e. The Morgan fingerprint density at radius 2 is 2.00 bits per heavy atom. The number of nitrogens with one attached hydrogen (secondary N) is 2. The minimum absolute atomic E-state index is 0.0659. The smallest absolute Gasteiger partial charge is 0.247 e. The molecule has 3 aromatic rings. The summed E-state index contributed by atoms with van der Waals surface area (Å²) >= 11 is 6.32. The molecule has 1 amide bonds. The average molecular weight is 650 g/mol. The Balaban J connectivity index is 1.12. The third kappa shape index (κ3) is 5.97. The van der Waals surface area contributed by atoms with Crippen molar-refractivity contribution in [3.05, 3.63) is 71.8 Å². The molecule has 0 spiro atoms. The first-order valence-electron chi connectivity index (χ1n) is 15.6. The molecule has 0 aliphatic carbocycles. The molecule has 11 nitrogen and oxygen atoms in total. The number of benzene rings is 2. The second kappa shape index (κ2) is 13.0. The van der Waals surface area contributed by atoms with Gasteiger partial charge in [-0.1, -0.05) is 30.3 Å².